The Bertz CT molecular complexity index is 1430. The van der Waals surface area contributed by atoms with E-state index in [2.05, 4.69) is 9.13 Å². The van der Waals surface area contributed by atoms with Crippen LogP contribution in [0.5, 0.6) is 0 Å². The lowest BCUT2D eigenvalue weighted by atomic mass is 10.1. The topological polar surface area (TPSA) is 77.5 Å². The minimum absolute atomic E-state index is 0.0578. The first-order chi connectivity index (χ1) is 19.5. The molecule has 2 aromatic heterocycles. The Balaban J connectivity index is 1.39. The Labute approximate surface area is 235 Å². The summed E-state index contributed by atoms with van der Waals surface area (Å²) in [5.74, 6) is 3.89. The highest BCUT2D eigenvalue weighted by atomic mass is 16.1. The number of benzene rings is 2. The second-order valence-electron chi connectivity index (χ2n) is 11.3. The third kappa shape index (κ3) is 5.27. The number of aryl methyl sites for hydroxylation is 2. The van der Waals surface area contributed by atoms with Gasteiger partial charge in [-0.2, -0.15) is 0 Å². The summed E-state index contributed by atoms with van der Waals surface area (Å²) in [6.45, 7) is 6.18. The fraction of sp³-hybridized carbons (Fsp3) is 0.438. The summed E-state index contributed by atoms with van der Waals surface area (Å²) in [6, 6.07) is 15.5. The molecule has 2 aromatic carbocycles. The first-order valence-corrected chi connectivity index (χ1v) is 14.7. The Kier molecular flexibility index (Phi) is 7.41. The van der Waals surface area contributed by atoms with Crippen LogP contribution in [-0.4, -0.2) is 31.1 Å². The minimum atomic E-state index is 0.0578. The normalized spacial score (nSPS) is 15.2. The summed E-state index contributed by atoms with van der Waals surface area (Å²) in [5, 5.41) is 10.1. The molecule has 0 unspecified atom stereocenters. The molecule has 206 valence electrons. The van der Waals surface area contributed by atoms with E-state index in [0.717, 1.165) is 98.9 Å². The van der Waals surface area contributed by atoms with Crippen LogP contribution in [0.2, 0.25) is 0 Å². The lowest BCUT2D eigenvalue weighted by Gasteiger charge is -2.02. The molecule has 2 aliphatic heterocycles. The smallest absolute Gasteiger partial charge is 0.290 e. The lowest BCUT2D eigenvalue weighted by molar-refractivity contribution is -0.721. The van der Waals surface area contributed by atoms with Crippen molar-refractivity contribution < 1.29 is 18.7 Å². The van der Waals surface area contributed by atoms with Gasteiger partial charge in [-0.1, -0.05) is 59.7 Å². The second-order valence-corrected chi connectivity index (χ2v) is 11.3. The van der Waals surface area contributed by atoms with E-state index in [-0.39, 0.29) is 24.7 Å². The van der Waals surface area contributed by atoms with Gasteiger partial charge in [0.25, 0.3) is 0 Å². The Morgan fingerprint density at radius 2 is 1.02 bits per heavy atom. The van der Waals surface area contributed by atoms with Gasteiger partial charge in [0.15, 0.2) is 24.7 Å². The number of hydrogen-bond acceptors (Lipinski definition) is 4. The van der Waals surface area contributed by atoms with Crippen molar-refractivity contribution in [3.05, 3.63) is 82.4 Å². The maximum Gasteiger partial charge on any atom is 0.382 e. The molecule has 0 aliphatic carbocycles. The highest BCUT2D eigenvalue weighted by Gasteiger charge is 2.39. The van der Waals surface area contributed by atoms with Crippen LogP contribution < -0.4 is 9.13 Å². The minimum Gasteiger partial charge on any atom is -0.290 e. The Morgan fingerprint density at radius 3 is 1.43 bits per heavy atom. The number of ketones is 2. The summed E-state index contributed by atoms with van der Waals surface area (Å²) in [7, 11) is 0. The molecule has 6 rings (SSSR count). The number of fused-ring (bicyclic) bond motifs is 2. The molecule has 0 spiro atoms. The maximum atomic E-state index is 13.3. The van der Waals surface area contributed by atoms with Crippen molar-refractivity contribution in [2.45, 2.75) is 91.4 Å². The van der Waals surface area contributed by atoms with Crippen LogP contribution in [0.1, 0.15) is 82.0 Å². The predicted molar refractivity (Wildman–Crippen MR) is 150 cm³/mol. The molecule has 0 amide bonds. The molecule has 0 bridgehead atoms. The van der Waals surface area contributed by atoms with E-state index >= 15 is 0 Å². The van der Waals surface area contributed by atoms with E-state index in [1.165, 1.54) is 0 Å². The zero-order valence-electron chi connectivity index (χ0n) is 23.6. The molecule has 0 saturated carbocycles. The average molecular weight is 539 g/mol. The van der Waals surface area contributed by atoms with Crippen LogP contribution in [0.3, 0.4) is 0 Å². The number of rotatable bonds is 7. The van der Waals surface area contributed by atoms with Gasteiger partial charge >= 0.3 is 11.6 Å². The van der Waals surface area contributed by atoms with Gasteiger partial charge in [0.2, 0.25) is 11.6 Å². The number of aromatic nitrogens is 6. The van der Waals surface area contributed by atoms with E-state index in [1.807, 2.05) is 71.7 Å². The number of hydrogen-bond donors (Lipinski definition) is 0. The van der Waals surface area contributed by atoms with Crippen molar-refractivity contribution in [3.8, 4) is 11.6 Å². The van der Waals surface area contributed by atoms with Crippen molar-refractivity contribution >= 4 is 11.6 Å². The molecular formula is C32H38N6O2+2. The molecule has 4 aromatic rings. The first kappa shape index (κ1) is 26.3. The van der Waals surface area contributed by atoms with E-state index in [4.69, 9.17) is 10.2 Å². The highest BCUT2D eigenvalue weighted by Crippen LogP contribution is 2.19. The molecular weight excluding hydrogens is 500 g/mol. The molecule has 40 heavy (non-hydrogen) atoms. The van der Waals surface area contributed by atoms with E-state index < -0.39 is 0 Å². The summed E-state index contributed by atoms with van der Waals surface area (Å²) < 4.78 is 8.37. The second kappa shape index (κ2) is 11.3. The maximum absolute atomic E-state index is 13.3. The fourth-order valence-electron chi connectivity index (χ4n) is 5.95. The van der Waals surface area contributed by atoms with Crippen LogP contribution >= 0.6 is 0 Å². The van der Waals surface area contributed by atoms with Gasteiger partial charge in [-0.05, 0) is 52.4 Å². The van der Waals surface area contributed by atoms with Crippen molar-refractivity contribution in [1.82, 2.24) is 19.6 Å². The molecule has 2 aliphatic rings. The Morgan fingerprint density at radius 1 is 0.625 bits per heavy atom. The van der Waals surface area contributed by atoms with Gasteiger partial charge in [-0.25, -0.2) is 9.13 Å². The predicted octanol–water partition coefficient (Wildman–Crippen LogP) is 4.16. The highest BCUT2D eigenvalue weighted by molar-refractivity contribution is 5.96. The van der Waals surface area contributed by atoms with Crippen LogP contribution in [0.4, 0.5) is 0 Å². The summed E-state index contributed by atoms with van der Waals surface area (Å²) in [5.41, 5.74) is 3.68. The molecule has 0 saturated heterocycles. The van der Waals surface area contributed by atoms with Crippen LogP contribution in [0.15, 0.2) is 48.5 Å². The van der Waals surface area contributed by atoms with Gasteiger partial charge in [-0.3, -0.25) is 9.59 Å². The largest absolute Gasteiger partial charge is 0.382 e. The number of carbonyl (C=O) groups excluding carboxylic acids is 2. The zero-order chi connectivity index (χ0) is 27.6. The summed E-state index contributed by atoms with van der Waals surface area (Å²) in [6.07, 6.45) is 8.36. The van der Waals surface area contributed by atoms with Crippen molar-refractivity contribution in [2.75, 3.05) is 0 Å². The van der Waals surface area contributed by atoms with Gasteiger partial charge < -0.3 is 0 Å². The van der Waals surface area contributed by atoms with Crippen molar-refractivity contribution in [3.63, 3.8) is 0 Å². The van der Waals surface area contributed by atoms with E-state index in [1.54, 1.807) is 0 Å². The molecule has 0 radical (unpaired) electrons. The van der Waals surface area contributed by atoms with Gasteiger partial charge in [0.05, 0.1) is 23.3 Å². The molecule has 0 fully saturated rings. The molecule has 8 heteroatoms. The van der Waals surface area contributed by atoms with Crippen LogP contribution in [0.25, 0.3) is 11.6 Å². The zero-order valence-corrected chi connectivity index (χ0v) is 23.6. The fourth-order valence-corrected chi connectivity index (χ4v) is 5.95. The molecule has 0 atom stereocenters. The quantitative estimate of drug-likeness (QED) is 0.262. The van der Waals surface area contributed by atoms with Crippen molar-refractivity contribution in [2.24, 2.45) is 0 Å². The van der Waals surface area contributed by atoms with Crippen LogP contribution in [0, 0.1) is 13.8 Å². The van der Waals surface area contributed by atoms with Gasteiger partial charge in [-0.15, -0.1) is 9.36 Å². The number of carbonyl (C=O) groups is 2. The molecule has 0 N–H and O–H groups in total. The van der Waals surface area contributed by atoms with Crippen LogP contribution in [-0.2, 0) is 39.0 Å². The average Bonchev–Trinajstić information content (AvgIpc) is 3.21. The molecule has 8 nitrogen and oxygen atoms in total. The van der Waals surface area contributed by atoms with E-state index in [0.29, 0.717) is 11.1 Å². The summed E-state index contributed by atoms with van der Waals surface area (Å²) >= 11 is 0. The summed E-state index contributed by atoms with van der Waals surface area (Å²) in [4.78, 5) is 26.5. The third-order valence-electron chi connectivity index (χ3n) is 8.26. The lowest BCUT2D eigenvalue weighted by Crippen LogP contribution is -2.44. The number of Topliss-reactive ketones (excluding diaryl/α,β-unsaturated/α-hetero) is 2. The standard InChI is InChI=1S/C32H38N6O2/c1-23-11-15-25(16-12-23)27(39)21-37-29-9-5-3-7-19-35(29)31(33-37)32-34-38(30-10-6-4-8-20-36(30)32)22-28(40)26-17-13-24(2)14-18-26/h11-18H,3-10,19-22H2,1-2H3/q+2. The first-order valence-electron chi connectivity index (χ1n) is 14.7. The Hall–Kier alpha value is -3.94. The van der Waals surface area contributed by atoms with Crippen molar-refractivity contribution in [1.29, 1.82) is 0 Å². The molecule has 4 heterocycles. The monoisotopic (exact) mass is 538 g/mol. The number of nitrogens with zero attached hydrogens (tertiary/aromatic N) is 6. The third-order valence-corrected chi connectivity index (χ3v) is 8.26. The van der Waals surface area contributed by atoms with Gasteiger partial charge in [0, 0.05) is 24.0 Å². The SMILES string of the molecule is Cc1ccc(C(=O)Cn2nc(-c3nn(CC(=O)c4ccc(C)cc4)c4[n+]3CCCCC4)[n+]3c2CCCCC3)cc1. The van der Waals surface area contributed by atoms with E-state index in [9.17, 15) is 9.59 Å². The van der Waals surface area contributed by atoms with Gasteiger partial charge in [0.1, 0.15) is 0 Å².